The van der Waals surface area contributed by atoms with E-state index in [4.69, 9.17) is 11.0 Å². The van der Waals surface area contributed by atoms with Crippen LogP contribution in [0.2, 0.25) is 0 Å². The summed E-state index contributed by atoms with van der Waals surface area (Å²) < 4.78 is 2.04. The number of fused-ring (bicyclic) bond motifs is 1. The lowest BCUT2D eigenvalue weighted by atomic mass is 10.0. The number of carbonyl (C=O) groups is 1. The van der Waals surface area contributed by atoms with Gasteiger partial charge >= 0.3 is 0 Å². The van der Waals surface area contributed by atoms with Gasteiger partial charge in [0.2, 0.25) is 0 Å². The monoisotopic (exact) mass is 395 g/mol. The summed E-state index contributed by atoms with van der Waals surface area (Å²) in [5.74, 6) is -0.00595. The topological polar surface area (TPSA) is 100 Å². The van der Waals surface area contributed by atoms with Gasteiger partial charge in [-0.3, -0.25) is 4.79 Å². The number of primary amides is 1. The molecule has 0 unspecified atom stereocenters. The fourth-order valence-electron chi connectivity index (χ4n) is 2.63. The van der Waals surface area contributed by atoms with Crippen LogP contribution in [0.3, 0.4) is 0 Å². The highest BCUT2D eigenvalue weighted by Crippen LogP contribution is 2.35. The standard InChI is InChI=1S/C20H17N3O2S2/c1-2-13-7-12(8-14(10-21)19(22)25)9-15(18(13)24)11-26-20-23-16-5-3-4-6-17(16)27-20/h3-9,24H,2,11H2,1H3,(H2,22,25)/b14-8+. The third-order valence-electron chi connectivity index (χ3n) is 3.99. The highest BCUT2D eigenvalue weighted by atomic mass is 32.2. The molecule has 3 aromatic rings. The summed E-state index contributed by atoms with van der Waals surface area (Å²) in [6.07, 6.45) is 2.08. The van der Waals surface area contributed by atoms with Gasteiger partial charge in [-0.15, -0.1) is 11.3 Å². The fraction of sp³-hybridized carbons (Fsp3) is 0.150. The number of nitriles is 1. The predicted molar refractivity (Wildman–Crippen MR) is 109 cm³/mol. The molecule has 1 aromatic heterocycles. The number of thiazole rings is 1. The van der Waals surface area contributed by atoms with Crippen molar-refractivity contribution < 1.29 is 9.90 Å². The summed E-state index contributed by atoms with van der Waals surface area (Å²) in [5, 5.41) is 19.6. The molecule has 0 aliphatic carbocycles. The largest absolute Gasteiger partial charge is 0.507 e. The number of amides is 1. The maximum Gasteiger partial charge on any atom is 0.259 e. The number of phenolic OH excluding ortho intramolecular Hbond substituents is 1. The average Bonchev–Trinajstić information content (AvgIpc) is 3.08. The van der Waals surface area contributed by atoms with Crippen LogP contribution in [0.1, 0.15) is 23.6 Å². The molecule has 136 valence electrons. The van der Waals surface area contributed by atoms with Crippen molar-refractivity contribution in [2.24, 2.45) is 5.73 Å². The molecule has 0 saturated carbocycles. The Morgan fingerprint density at radius 1 is 1.37 bits per heavy atom. The minimum atomic E-state index is -0.769. The van der Waals surface area contributed by atoms with Crippen LogP contribution in [0.4, 0.5) is 0 Å². The Morgan fingerprint density at radius 3 is 2.78 bits per heavy atom. The van der Waals surface area contributed by atoms with Crippen molar-refractivity contribution in [3.63, 3.8) is 0 Å². The van der Waals surface area contributed by atoms with E-state index in [2.05, 4.69) is 4.98 Å². The van der Waals surface area contributed by atoms with E-state index in [9.17, 15) is 9.90 Å². The number of nitrogens with two attached hydrogens (primary N) is 1. The van der Waals surface area contributed by atoms with Crippen molar-refractivity contribution >= 4 is 45.3 Å². The molecule has 3 rings (SSSR count). The van der Waals surface area contributed by atoms with E-state index in [0.29, 0.717) is 17.7 Å². The van der Waals surface area contributed by atoms with Crippen molar-refractivity contribution in [2.45, 2.75) is 23.4 Å². The first-order valence-corrected chi connectivity index (χ1v) is 10.1. The van der Waals surface area contributed by atoms with E-state index in [-0.39, 0.29) is 11.3 Å². The van der Waals surface area contributed by atoms with Crippen molar-refractivity contribution in [2.75, 3.05) is 0 Å². The Kier molecular flexibility index (Phi) is 5.79. The first-order chi connectivity index (χ1) is 13.0. The molecule has 3 N–H and O–H groups in total. The van der Waals surface area contributed by atoms with Crippen LogP contribution in [-0.2, 0) is 17.0 Å². The molecule has 0 aliphatic rings. The van der Waals surface area contributed by atoms with Crippen LogP contribution in [0.25, 0.3) is 16.3 Å². The van der Waals surface area contributed by atoms with Crippen molar-refractivity contribution in [1.29, 1.82) is 5.26 Å². The number of hydrogen-bond acceptors (Lipinski definition) is 6. The van der Waals surface area contributed by atoms with Gasteiger partial charge in [0.05, 0.1) is 10.2 Å². The lowest BCUT2D eigenvalue weighted by Crippen LogP contribution is -2.12. The minimum absolute atomic E-state index is 0.118. The van der Waals surface area contributed by atoms with Crippen LogP contribution < -0.4 is 5.73 Å². The molecule has 1 heterocycles. The van der Waals surface area contributed by atoms with Gasteiger partial charge in [-0.25, -0.2) is 4.98 Å². The van der Waals surface area contributed by atoms with Crippen LogP contribution >= 0.6 is 23.1 Å². The lowest BCUT2D eigenvalue weighted by molar-refractivity contribution is -0.114. The molecule has 7 heteroatoms. The average molecular weight is 396 g/mol. The smallest absolute Gasteiger partial charge is 0.259 e. The zero-order chi connectivity index (χ0) is 19.4. The molecule has 0 atom stereocenters. The molecule has 0 spiro atoms. The number of rotatable bonds is 6. The van der Waals surface area contributed by atoms with Crippen LogP contribution in [-0.4, -0.2) is 16.0 Å². The number of hydrogen-bond donors (Lipinski definition) is 2. The van der Waals surface area contributed by atoms with Crippen LogP contribution in [0.5, 0.6) is 5.75 Å². The van der Waals surface area contributed by atoms with Gasteiger partial charge in [0.1, 0.15) is 17.4 Å². The summed E-state index contributed by atoms with van der Waals surface area (Å²) in [7, 11) is 0. The van der Waals surface area contributed by atoms with Gasteiger partial charge in [-0.2, -0.15) is 5.26 Å². The third kappa shape index (κ3) is 4.30. The van der Waals surface area contributed by atoms with Gasteiger partial charge in [0, 0.05) is 11.3 Å². The van der Waals surface area contributed by atoms with Gasteiger partial charge in [0.15, 0.2) is 4.34 Å². The first-order valence-electron chi connectivity index (χ1n) is 8.26. The van der Waals surface area contributed by atoms with E-state index in [0.717, 1.165) is 25.7 Å². The van der Waals surface area contributed by atoms with Crippen LogP contribution in [0, 0.1) is 11.3 Å². The molecular formula is C20H17N3O2S2. The summed E-state index contributed by atoms with van der Waals surface area (Å²) in [4.78, 5) is 15.9. The van der Waals surface area contributed by atoms with E-state index in [1.54, 1.807) is 41.3 Å². The van der Waals surface area contributed by atoms with Gasteiger partial charge in [-0.05, 0) is 47.9 Å². The summed E-state index contributed by atoms with van der Waals surface area (Å²) >= 11 is 3.15. The number of benzene rings is 2. The number of aromatic hydroxyl groups is 1. The zero-order valence-electron chi connectivity index (χ0n) is 14.6. The first kappa shape index (κ1) is 19.0. The maximum atomic E-state index is 11.3. The fourth-order valence-corrected chi connectivity index (χ4v) is 4.67. The lowest BCUT2D eigenvalue weighted by Gasteiger charge is -2.10. The Morgan fingerprint density at radius 2 is 2.11 bits per heavy atom. The SMILES string of the molecule is CCc1cc(/C=C(\C#N)C(N)=O)cc(CSc2nc3ccccc3s2)c1O. The second-order valence-corrected chi connectivity index (χ2v) is 8.06. The number of carbonyl (C=O) groups excluding carboxylic acids is 1. The van der Waals surface area contributed by atoms with Crippen molar-refractivity contribution in [3.8, 4) is 11.8 Å². The molecule has 2 aromatic carbocycles. The van der Waals surface area contributed by atoms with Crippen molar-refractivity contribution in [3.05, 3.63) is 58.7 Å². The molecular weight excluding hydrogens is 378 g/mol. The van der Waals surface area contributed by atoms with Gasteiger partial charge in [0.25, 0.3) is 5.91 Å². The molecule has 0 saturated heterocycles. The van der Waals surface area contributed by atoms with E-state index >= 15 is 0 Å². The molecule has 1 amide bonds. The summed E-state index contributed by atoms with van der Waals surface area (Å²) in [6.45, 7) is 1.94. The normalized spacial score (nSPS) is 11.5. The summed E-state index contributed by atoms with van der Waals surface area (Å²) in [5.41, 5.74) is 8.21. The minimum Gasteiger partial charge on any atom is -0.507 e. The molecule has 0 radical (unpaired) electrons. The predicted octanol–water partition coefficient (Wildman–Crippen LogP) is 4.25. The molecule has 27 heavy (non-hydrogen) atoms. The highest BCUT2D eigenvalue weighted by Gasteiger charge is 2.12. The Bertz CT molecular complexity index is 1050. The number of thioether (sulfide) groups is 1. The molecule has 0 aliphatic heterocycles. The second kappa shape index (κ2) is 8.25. The Labute approximate surface area is 165 Å². The van der Waals surface area contributed by atoms with Crippen molar-refractivity contribution in [1.82, 2.24) is 4.98 Å². The Hall–Kier alpha value is -2.82. The molecule has 5 nitrogen and oxygen atoms in total. The quantitative estimate of drug-likeness (QED) is 0.369. The maximum absolute atomic E-state index is 11.3. The zero-order valence-corrected chi connectivity index (χ0v) is 16.2. The number of aryl methyl sites for hydroxylation is 1. The highest BCUT2D eigenvalue weighted by molar-refractivity contribution is 8.00. The number of nitrogens with zero attached hydrogens (tertiary/aromatic N) is 2. The van der Waals surface area contributed by atoms with E-state index < -0.39 is 5.91 Å². The van der Waals surface area contributed by atoms with Gasteiger partial charge in [-0.1, -0.05) is 30.8 Å². The van der Waals surface area contributed by atoms with E-state index in [1.807, 2.05) is 31.2 Å². The molecule has 0 bridgehead atoms. The second-order valence-electron chi connectivity index (χ2n) is 5.81. The number of aromatic nitrogens is 1. The van der Waals surface area contributed by atoms with E-state index in [1.165, 1.54) is 6.08 Å². The van der Waals surface area contributed by atoms with Gasteiger partial charge < -0.3 is 10.8 Å². The van der Waals surface area contributed by atoms with Crippen LogP contribution in [0.15, 0.2) is 46.3 Å². The number of phenols is 1. The number of para-hydroxylation sites is 1. The molecule has 0 fully saturated rings. The summed E-state index contributed by atoms with van der Waals surface area (Å²) in [6, 6.07) is 13.3. The third-order valence-corrected chi connectivity index (χ3v) is 6.22. The Balaban J connectivity index is 1.90.